The van der Waals surface area contributed by atoms with Crippen LogP contribution in [0.15, 0.2) is 54.6 Å². The largest absolute Gasteiger partial charge is 0.372 e. The molecule has 2 rings (SSSR count). The minimum Gasteiger partial charge on any atom is -0.372 e. The monoisotopic (exact) mass is 196 g/mol. The van der Waals surface area contributed by atoms with Crippen molar-refractivity contribution in [1.82, 2.24) is 0 Å². The van der Waals surface area contributed by atoms with Crippen molar-refractivity contribution in [3.05, 3.63) is 60.2 Å². The lowest BCUT2D eigenvalue weighted by atomic mass is 9.83. The molecule has 1 aliphatic rings. The van der Waals surface area contributed by atoms with Crippen LogP contribution in [0.1, 0.15) is 5.56 Å². The molecular weight excluding hydrogens is 184 g/mol. The molecule has 0 bridgehead atoms. The summed E-state index contributed by atoms with van der Waals surface area (Å²) in [7, 11) is 0. The fourth-order valence-corrected chi connectivity index (χ4v) is 1.77. The molecule has 0 fully saturated rings. The molecule has 74 valence electrons. The summed E-state index contributed by atoms with van der Waals surface area (Å²) >= 11 is 0. The zero-order valence-electron chi connectivity index (χ0n) is 8.30. The zero-order valence-corrected chi connectivity index (χ0v) is 8.30. The maximum Gasteiger partial charge on any atom is 0.160 e. The van der Waals surface area contributed by atoms with Gasteiger partial charge in [-0.25, -0.2) is 0 Å². The van der Waals surface area contributed by atoms with Crippen LogP contribution in [0.3, 0.4) is 0 Å². The third kappa shape index (κ3) is 1.60. The van der Waals surface area contributed by atoms with Crippen molar-refractivity contribution in [1.29, 1.82) is 0 Å². The Labute approximate surface area is 89.8 Å². The highest BCUT2D eigenvalue weighted by atomic mass is 16.3. The summed E-state index contributed by atoms with van der Waals surface area (Å²) in [6.45, 7) is 0. The van der Waals surface area contributed by atoms with E-state index < -0.39 is 5.60 Å². The van der Waals surface area contributed by atoms with Crippen LogP contribution >= 0.6 is 0 Å². The van der Waals surface area contributed by atoms with Crippen LogP contribution in [-0.4, -0.2) is 5.11 Å². The predicted octanol–water partition coefficient (Wildman–Crippen LogP) is 2.25. The van der Waals surface area contributed by atoms with E-state index in [9.17, 15) is 5.11 Å². The third-order valence-electron chi connectivity index (χ3n) is 2.66. The average molecular weight is 196 g/mol. The van der Waals surface area contributed by atoms with Crippen LogP contribution in [0, 0.1) is 18.3 Å². The highest BCUT2D eigenvalue weighted by Gasteiger charge is 2.34. The average Bonchev–Trinajstić information content (AvgIpc) is 2.83. The van der Waals surface area contributed by atoms with E-state index in [1.165, 1.54) is 0 Å². The Morgan fingerprint density at radius 3 is 2.27 bits per heavy atom. The molecule has 1 aliphatic carbocycles. The number of terminal acetylenes is 1. The van der Waals surface area contributed by atoms with Crippen molar-refractivity contribution >= 4 is 0 Å². The summed E-state index contributed by atoms with van der Waals surface area (Å²) in [4.78, 5) is 0. The molecule has 1 heteroatoms. The Bertz CT molecular complexity index is 424. The molecule has 0 saturated carbocycles. The number of allylic oxidation sites excluding steroid dienone is 2. The molecule has 0 radical (unpaired) electrons. The molecule has 1 unspecified atom stereocenters. The molecule has 1 N–H and O–H groups in total. The van der Waals surface area contributed by atoms with Crippen LogP contribution < -0.4 is 0 Å². The molecule has 0 amide bonds. The topological polar surface area (TPSA) is 20.2 Å². The van der Waals surface area contributed by atoms with Gasteiger partial charge in [-0.2, -0.15) is 0 Å². The van der Waals surface area contributed by atoms with E-state index in [2.05, 4.69) is 5.92 Å². The Morgan fingerprint density at radius 1 is 1.13 bits per heavy atom. The van der Waals surface area contributed by atoms with Crippen molar-refractivity contribution in [2.45, 2.75) is 5.60 Å². The van der Waals surface area contributed by atoms with Gasteiger partial charge in [0, 0.05) is 5.92 Å². The van der Waals surface area contributed by atoms with E-state index >= 15 is 0 Å². The maximum atomic E-state index is 10.5. The van der Waals surface area contributed by atoms with Gasteiger partial charge in [0.25, 0.3) is 0 Å². The lowest BCUT2D eigenvalue weighted by Gasteiger charge is -2.27. The van der Waals surface area contributed by atoms with Gasteiger partial charge in [-0.1, -0.05) is 60.6 Å². The van der Waals surface area contributed by atoms with Crippen molar-refractivity contribution in [3.8, 4) is 12.3 Å². The summed E-state index contributed by atoms with van der Waals surface area (Å²) in [6.07, 6.45) is 13.1. The number of hydrogen-bond donors (Lipinski definition) is 1. The van der Waals surface area contributed by atoms with Gasteiger partial charge in [-0.15, -0.1) is 6.42 Å². The lowest BCUT2D eigenvalue weighted by Crippen LogP contribution is -2.30. The Balaban J connectivity index is 2.43. The number of hydrogen-bond acceptors (Lipinski definition) is 1. The maximum absolute atomic E-state index is 10.5. The van der Waals surface area contributed by atoms with Crippen molar-refractivity contribution < 1.29 is 5.11 Å². The molecule has 0 heterocycles. The van der Waals surface area contributed by atoms with Gasteiger partial charge in [-0.3, -0.25) is 0 Å². The fraction of sp³-hybridized carbons (Fsp3) is 0.143. The predicted molar refractivity (Wildman–Crippen MR) is 60.9 cm³/mol. The van der Waals surface area contributed by atoms with Crippen LogP contribution in [0.25, 0.3) is 0 Å². The van der Waals surface area contributed by atoms with Crippen molar-refractivity contribution in [3.63, 3.8) is 0 Å². The van der Waals surface area contributed by atoms with Crippen LogP contribution in [-0.2, 0) is 5.60 Å². The number of benzene rings is 1. The molecule has 0 spiro atoms. The molecule has 1 atom stereocenters. The molecule has 0 aromatic heterocycles. The van der Waals surface area contributed by atoms with E-state index in [0.717, 1.165) is 5.56 Å². The van der Waals surface area contributed by atoms with Gasteiger partial charge >= 0.3 is 0 Å². The minimum absolute atomic E-state index is 0.134. The van der Waals surface area contributed by atoms with E-state index in [1.807, 2.05) is 54.6 Å². The molecular formula is C14H12O. The first-order valence-electron chi connectivity index (χ1n) is 4.88. The fourth-order valence-electron chi connectivity index (χ4n) is 1.77. The highest BCUT2D eigenvalue weighted by Crippen LogP contribution is 2.32. The van der Waals surface area contributed by atoms with Gasteiger partial charge in [-0.05, 0) is 5.56 Å². The number of rotatable bonds is 2. The summed E-state index contributed by atoms with van der Waals surface area (Å²) in [5.74, 6) is 2.36. The Hall–Kier alpha value is -1.78. The Morgan fingerprint density at radius 2 is 1.73 bits per heavy atom. The molecule has 1 aromatic rings. The smallest absolute Gasteiger partial charge is 0.160 e. The molecule has 1 nitrogen and oxygen atoms in total. The van der Waals surface area contributed by atoms with E-state index in [4.69, 9.17) is 6.42 Å². The normalized spacial score (nSPS) is 18.7. The summed E-state index contributed by atoms with van der Waals surface area (Å²) < 4.78 is 0. The summed E-state index contributed by atoms with van der Waals surface area (Å²) in [6, 6.07) is 9.35. The number of aliphatic hydroxyl groups is 1. The van der Waals surface area contributed by atoms with Gasteiger partial charge in [0.05, 0.1) is 0 Å². The molecule has 0 aliphatic heterocycles. The molecule has 1 aromatic carbocycles. The van der Waals surface area contributed by atoms with Gasteiger partial charge < -0.3 is 5.11 Å². The van der Waals surface area contributed by atoms with E-state index in [0.29, 0.717) is 0 Å². The minimum atomic E-state index is -1.23. The third-order valence-corrected chi connectivity index (χ3v) is 2.66. The summed E-state index contributed by atoms with van der Waals surface area (Å²) in [5, 5.41) is 10.5. The van der Waals surface area contributed by atoms with Crippen LogP contribution in [0.2, 0.25) is 0 Å². The molecule has 15 heavy (non-hydrogen) atoms. The van der Waals surface area contributed by atoms with Gasteiger partial charge in [0.2, 0.25) is 0 Å². The van der Waals surface area contributed by atoms with E-state index in [1.54, 1.807) is 0 Å². The van der Waals surface area contributed by atoms with E-state index in [-0.39, 0.29) is 5.92 Å². The standard InChI is InChI=1S/C14H12O/c1-2-14(15,13-10-6-7-11-13)12-8-4-3-5-9-12/h1,3-11,13,15H. The quantitative estimate of drug-likeness (QED) is 0.719. The van der Waals surface area contributed by atoms with Crippen LogP contribution in [0.5, 0.6) is 0 Å². The molecule has 0 saturated heterocycles. The van der Waals surface area contributed by atoms with Gasteiger partial charge in [0.1, 0.15) is 0 Å². The lowest BCUT2D eigenvalue weighted by molar-refractivity contribution is 0.0742. The van der Waals surface area contributed by atoms with Crippen molar-refractivity contribution in [2.24, 2.45) is 5.92 Å². The van der Waals surface area contributed by atoms with Crippen LogP contribution in [0.4, 0.5) is 0 Å². The Kier molecular flexibility index (Phi) is 2.45. The second kappa shape index (κ2) is 3.76. The first-order chi connectivity index (χ1) is 7.27. The second-order valence-electron chi connectivity index (χ2n) is 3.57. The van der Waals surface area contributed by atoms with Crippen molar-refractivity contribution in [2.75, 3.05) is 0 Å². The summed E-state index contributed by atoms with van der Waals surface area (Å²) in [5.41, 5.74) is -0.473. The zero-order chi connectivity index (χ0) is 10.7. The van der Waals surface area contributed by atoms with Gasteiger partial charge in [0.15, 0.2) is 5.60 Å². The first-order valence-corrected chi connectivity index (χ1v) is 4.88. The highest BCUT2D eigenvalue weighted by molar-refractivity contribution is 5.37. The SMILES string of the molecule is C#CC(O)(c1ccccc1)C1C=CC=C1. The second-order valence-corrected chi connectivity index (χ2v) is 3.57. The first kappa shape index (κ1) is 9.76.